The first-order chi connectivity index (χ1) is 13.3. The summed E-state index contributed by atoms with van der Waals surface area (Å²) in [7, 11) is 0. The third-order valence-electron chi connectivity index (χ3n) is 4.67. The average Bonchev–Trinajstić information content (AvgIpc) is 2.67. The minimum atomic E-state index is -4.51. The molecule has 28 heavy (non-hydrogen) atoms. The first-order valence-corrected chi connectivity index (χ1v) is 9.22. The van der Waals surface area contributed by atoms with Crippen molar-refractivity contribution in [3.8, 4) is 5.69 Å². The molecule has 0 bridgehead atoms. The molecule has 3 rings (SSSR count). The Morgan fingerprint density at radius 2 is 2.04 bits per heavy atom. The van der Waals surface area contributed by atoms with Crippen molar-refractivity contribution in [2.24, 2.45) is 0 Å². The van der Waals surface area contributed by atoms with Gasteiger partial charge in [0.2, 0.25) is 0 Å². The van der Waals surface area contributed by atoms with Crippen molar-refractivity contribution >= 4 is 17.3 Å². The fraction of sp³-hybridized carbons (Fsp3) is 0.368. The smallest absolute Gasteiger partial charge is 0.380 e. The highest BCUT2D eigenvalue weighted by Gasteiger charge is 2.30. The molecule has 2 aromatic rings. The van der Waals surface area contributed by atoms with E-state index in [1.165, 1.54) is 18.3 Å². The number of aromatic nitrogens is 2. The Morgan fingerprint density at radius 3 is 2.68 bits per heavy atom. The quantitative estimate of drug-likeness (QED) is 0.755. The molecule has 1 aromatic heterocycles. The molecule has 2 heterocycles. The van der Waals surface area contributed by atoms with E-state index in [9.17, 15) is 18.0 Å². The van der Waals surface area contributed by atoms with Crippen molar-refractivity contribution < 1.29 is 13.2 Å². The number of rotatable bonds is 5. The predicted molar refractivity (Wildman–Crippen MR) is 103 cm³/mol. The van der Waals surface area contributed by atoms with Gasteiger partial charge in [0.15, 0.2) is 0 Å². The van der Waals surface area contributed by atoms with Gasteiger partial charge in [0.05, 0.1) is 23.1 Å². The van der Waals surface area contributed by atoms with Crippen LogP contribution in [-0.4, -0.2) is 40.4 Å². The SMILES string of the molecule is C=CCN1CCC(Nc2cnn(-c3cccc(C(F)(F)F)c3)c(=O)c2Cl)CC1. The number of benzene rings is 1. The van der Waals surface area contributed by atoms with Crippen LogP contribution in [0.25, 0.3) is 5.69 Å². The molecule has 1 fully saturated rings. The zero-order valence-electron chi connectivity index (χ0n) is 15.0. The molecule has 0 radical (unpaired) electrons. The lowest BCUT2D eigenvalue weighted by Gasteiger charge is -2.32. The van der Waals surface area contributed by atoms with Gasteiger partial charge in [-0.3, -0.25) is 9.69 Å². The average molecular weight is 413 g/mol. The fourth-order valence-electron chi connectivity index (χ4n) is 3.19. The molecule has 9 heteroatoms. The highest BCUT2D eigenvalue weighted by atomic mass is 35.5. The van der Waals surface area contributed by atoms with Gasteiger partial charge in [0.1, 0.15) is 5.02 Å². The van der Waals surface area contributed by atoms with Gasteiger partial charge >= 0.3 is 6.18 Å². The summed E-state index contributed by atoms with van der Waals surface area (Å²) in [5, 5.41) is 7.14. The number of hydrogen-bond acceptors (Lipinski definition) is 4. The molecule has 5 nitrogen and oxygen atoms in total. The first-order valence-electron chi connectivity index (χ1n) is 8.85. The van der Waals surface area contributed by atoms with Gasteiger partial charge in [-0.05, 0) is 31.0 Å². The van der Waals surface area contributed by atoms with Crippen LogP contribution < -0.4 is 10.9 Å². The third kappa shape index (κ3) is 4.56. The monoisotopic (exact) mass is 412 g/mol. The molecule has 0 aliphatic carbocycles. The molecule has 1 N–H and O–H groups in total. The maximum absolute atomic E-state index is 12.9. The van der Waals surface area contributed by atoms with Crippen LogP contribution >= 0.6 is 11.6 Å². The molecule has 150 valence electrons. The Labute approximate surface area is 165 Å². The van der Waals surface area contributed by atoms with E-state index in [0.29, 0.717) is 5.69 Å². The van der Waals surface area contributed by atoms with Crippen LogP contribution in [-0.2, 0) is 6.18 Å². The lowest BCUT2D eigenvalue weighted by atomic mass is 10.0. The minimum absolute atomic E-state index is 0.00556. The molecule has 0 saturated carbocycles. The molecule has 0 amide bonds. The second kappa shape index (κ2) is 8.36. The summed E-state index contributed by atoms with van der Waals surface area (Å²) in [6.07, 6.45) is 0.481. The first kappa shape index (κ1) is 20.4. The van der Waals surface area contributed by atoms with Crippen LogP contribution in [0, 0.1) is 0 Å². The second-order valence-corrected chi connectivity index (χ2v) is 7.02. The molecule has 1 aliphatic rings. The van der Waals surface area contributed by atoms with Crippen molar-refractivity contribution in [2.75, 3.05) is 25.0 Å². The maximum Gasteiger partial charge on any atom is 0.416 e. The van der Waals surface area contributed by atoms with E-state index in [4.69, 9.17) is 11.6 Å². The van der Waals surface area contributed by atoms with E-state index in [1.54, 1.807) is 0 Å². The summed E-state index contributed by atoms with van der Waals surface area (Å²) in [5.74, 6) is 0. The summed E-state index contributed by atoms with van der Waals surface area (Å²) in [5.41, 5.74) is -1.14. The van der Waals surface area contributed by atoms with E-state index in [-0.39, 0.29) is 16.8 Å². The van der Waals surface area contributed by atoms with Gasteiger partial charge in [-0.15, -0.1) is 6.58 Å². The van der Waals surface area contributed by atoms with Crippen LogP contribution in [0.5, 0.6) is 0 Å². The van der Waals surface area contributed by atoms with E-state index in [0.717, 1.165) is 49.3 Å². The molecule has 1 aliphatic heterocycles. The molecule has 1 aromatic carbocycles. The van der Waals surface area contributed by atoms with Crippen molar-refractivity contribution in [1.29, 1.82) is 0 Å². The molecule has 0 spiro atoms. The van der Waals surface area contributed by atoms with Crippen LogP contribution in [0.2, 0.25) is 5.02 Å². The summed E-state index contributed by atoms with van der Waals surface area (Å²) in [4.78, 5) is 14.8. The van der Waals surface area contributed by atoms with E-state index < -0.39 is 17.3 Å². The molecular weight excluding hydrogens is 393 g/mol. The number of likely N-dealkylation sites (tertiary alicyclic amines) is 1. The second-order valence-electron chi connectivity index (χ2n) is 6.65. The zero-order valence-corrected chi connectivity index (χ0v) is 15.8. The van der Waals surface area contributed by atoms with Gasteiger partial charge in [0.25, 0.3) is 5.56 Å². The van der Waals surface area contributed by atoms with Crippen LogP contribution in [0.4, 0.5) is 18.9 Å². The normalized spacial score (nSPS) is 16.1. The highest BCUT2D eigenvalue weighted by Crippen LogP contribution is 2.30. The van der Waals surface area contributed by atoms with Crippen molar-refractivity contribution in [1.82, 2.24) is 14.7 Å². The summed E-state index contributed by atoms with van der Waals surface area (Å²) in [6.45, 7) is 6.37. The number of piperidine rings is 1. The topological polar surface area (TPSA) is 50.2 Å². The summed E-state index contributed by atoms with van der Waals surface area (Å²) in [6, 6.07) is 4.55. The standard InChI is InChI=1S/C19H20ClF3N4O/c1-2-8-26-9-6-14(7-10-26)25-16-12-24-27(18(28)17(16)20)15-5-3-4-13(11-15)19(21,22)23/h2-5,11-12,14,25H,1,6-10H2. The number of hydrogen-bond donors (Lipinski definition) is 1. The van der Waals surface area contributed by atoms with Gasteiger partial charge in [-0.25, -0.2) is 0 Å². The van der Waals surface area contributed by atoms with Crippen molar-refractivity contribution in [2.45, 2.75) is 25.1 Å². The summed E-state index contributed by atoms with van der Waals surface area (Å²) >= 11 is 6.19. The zero-order chi connectivity index (χ0) is 20.3. The predicted octanol–water partition coefficient (Wildman–Crippen LogP) is 3.97. The van der Waals surface area contributed by atoms with Gasteiger partial charge < -0.3 is 5.32 Å². The number of nitrogens with one attached hydrogen (secondary N) is 1. The fourth-order valence-corrected chi connectivity index (χ4v) is 3.38. The molecular formula is C19H20ClF3N4O. The Morgan fingerprint density at radius 1 is 1.32 bits per heavy atom. The van der Waals surface area contributed by atoms with E-state index in [1.807, 2.05) is 6.08 Å². The maximum atomic E-state index is 12.9. The van der Waals surface area contributed by atoms with Crippen LogP contribution in [0.3, 0.4) is 0 Å². The molecule has 0 unspecified atom stereocenters. The van der Waals surface area contributed by atoms with Gasteiger partial charge in [-0.1, -0.05) is 23.7 Å². The Kier molecular flexibility index (Phi) is 6.10. The number of anilines is 1. The minimum Gasteiger partial charge on any atom is -0.380 e. The van der Waals surface area contributed by atoms with E-state index in [2.05, 4.69) is 21.9 Å². The molecule has 0 atom stereocenters. The van der Waals surface area contributed by atoms with Crippen LogP contribution in [0.15, 0.2) is 47.9 Å². The number of nitrogens with zero attached hydrogens (tertiary/aromatic N) is 3. The lowest BCUT2D eigenvalue weighted by Crippen LogP contribution is -2.39. The van der Waals surface area contributed by atoms with Crippen molar-refractivity contribution in [3.05, 3.63) is 64.1 Å². The Bertz CT molecular complexity index is 905. The Hall–Kier alpha value is -2.32. The highest BCUT2D eigenvalue weighted by molar-refractivity contribution is 6.32. The number of alkyl halides is 3. The third-order valence-corrected chi connectivity index (χ3v) is 5.04. The Balaban J connectivity index is 1.79. The van der Waals surface area contributed by atoms with Crippen LogP contribution in [0.1, 0.15) is 18.4 Å². The largest absolute Gasteiger partial charge is 0.416 e. The van der Waals surface area contributed by atoms with Gasteiger partial charge in [0, 0.05) is 25.7 Å². The number of halogens is 4. The van der Waals surface area contributed by atoms with Crippen molar-refractivity contribution in [3.63, 3.8) is 0 Å². The lowest BCUT2D eigenvalue weighted by molar-refractivity contribution is -0.137. The summed E-state index contributed by atoms with van der Waals surface area (Å²) < 4.78 is 39.6. The van der Waals surface area contributed by atoms with E-state index >= 15 is 0 Å². The van der Waals surface area contributed by atoms with Gasteiger partial charge in [-0.2, -0.15) is 23.0 Å². The molecule has 1 saturated heterocycles.